The van der Waals surface area contributed by atoms with Crippen molar-refractivity contribution >= 4 is 17.3 Å². The van der Waals surface area contributed by atoms with Crippen LogP contribution in [0.1, 0.15) is 16.2 Å². The van der Waals surface area contributed by atoms with Gasteiger partial charge < -0.3 is 16.2 Å². The van der Waals surface area contributed by atoms with Gasteiger partial charge in [-0.1, -0.05) is 0 Å². The number of nitrogen functional groups attached to an aromatic ring is 1. The van der Waals surface area contributed by atoms with Crippen LogP contribution >= 0.6 is 0 Å². The van der Waals surface area contributed by atoms with Crippen LogP contribution in [0.4, 0.5) is 11.4 Å². The minimum Gasteiger partial charge on any atom is -0.478 e. The fraction of sp³-hybridized carbons (Fsp3) is 0.250. The van der Waals surface area contributed by atoms with E-state index < -0.39 is 5.97 Å². The van der Waals surface area contributed by atoms with Crippen molar-refractivity contribution in [2.24, 2.45) is 7.05 Å². The number of anilines is 2. The number of benzene rings is 1. The van der Waals surface area contributed by atoms with E-state index in [9.17, 15) is 4.79 Å². The Hall–Kier alpha value is -2.57. The van der Waals surface area contributed by atoms with Crippen LogP contribution in [-0.4, -0.2) is 32.4 Å². The van der Waals surface area contributed by atoms with Crippen LogP contribution in [0, 0.1) is 0 Å². The molecule has 4 N–H and O–H groups in total. The van der Waals surface area contributed by atoms with Crippen LogP contribution in [0.5, 0.6) is 0 Å². The topological polar surface area (TPSA) is 106 Å². The van der Waals surface area contributed by atoms with Crippen LogP contribution < -0.4 is 11.1 Å². The average Bonchev–Trinajstić information content (AvgIpc) is 2.77. The number of aryl methyl sites for hydroxylation is 1. The Morgan fingerprint density at radius 2 is 2.32 bits per heavy atom. The molecule has 0 saturated heterocycles. The second-order valence-electron chi connectivity index (χ2n) is 4.12. The van der Waals surface area contributed by atoms with Gasteiger partial charge in [-0.2, -0.15) is 5.10 Å². The zero-order valence-corrected chi connectivity index (χ0v) is 10.5. The average molecular weight is 261 g/mol. The van der Waals surface area contributed by atoms with E-state index >= 15 is 0 Å². The maximum atomic E-state index is 10.9. The molecule has 0 atom stereocenters. The summed E-state index contributed by atoms with van der Waals surface area (Å²) >= 11 is 0. The number of carboxylic acid groups (broad SMARTS) is 1. The third kappa shape index (κ3) is 3.21. The van der Waals surface area contributed by atoms with E-state index in [1.807, 2.05) is 7.05 Å². The number of rotatable bonds is 5. The fourth-order valence-corrected chi connectivity index (χ4v) is 1.67. The first-order valence-corrected chi connectivity index (χ1v) is 5.77. The van der Waals surface area contributed by atoms with Crippen molar-refractivity contribution in [1.82, 2.24) is 14.8 Å². The molecule has 100 valence electrons. The van der Waals surface area contributed by atoms with Gasteiger partial charge in [-0.25, -0.2) is 9.78 Å². The summed E-state index contributed by atoms with van der Waals surface area (Å²) in [6.07, 6.45) is 2.30. The summed E-state index contributed by atoms with van der Waals surface area (Å²) in [4.78, 5) is 15.0. The zero-order valence-electron chi connectivity index (χ0n) is 10.5. The molecule has 19 heavy (non-hydrogen) atoms. The van der Waals surface area contributed by atoms with Crippen LogP contribution in [0.15, 0.2) is 24.5 Å². The number of nitrogens with zero attached hydrogens (tertiary/aromatic N) is 3. The molecule has 7 nitrogen and oxygen atoms in total. The predicted octanol–water partition coefficient (Wildman–Crippen LogP) is 0.750. The number of aromatic nitrogens is 3. The lowest BCUT2D eigenvalue weighted by Crippen LogP contribution is -2.08. The maximum absolute atomic E-state index is 10.9. The highest BCUT2D eigenvalue weighted by atomic mass is 16.4. The molecule has 0 fully saturated rings. The summed E-state index contributed by atoms with van der Waals surface area (Å²) in [7, 11) is 1.81. The van der Waals surface area contributed by atoms with E-state index in [1.54, 1.807) is 23.1 Å². The highest BCUT2D eigenvalue weighted by molar-refractivity contribution is 5.94. The molecule has 7 heteroatoms. The summed E-state index contributed by atoms with van der Waals surface area (Å²) in [6, 6.07) is 4.84. The summed E-state index contributed by atoms with van der Waals surface area (Å²) < 4.78 is 1.64. The maximum Gasteiger partial charge on any atom is 0.337 e. The molecule has 0 amide bonds. The monoisotopic (exact) mass is 261 g/mol. The normalized spacial score (nSPS) is 10.4. The molecule has 0 aliphatic rings. The molecule has 2 aromatic rings. The van der Waals surface area contributed by atoms with Gasteiger partial charge in [-0.15, -0.1) is 0 Å². The lowest BCUT2D eigenvalue weighted by molar-refractivity contribution is 0.0698. The van der Waals surface area contributed by atoms with Gasteiger partial charge in [0.1, 0.15) is 6.33 Å². The molecule has 0 unspecified atom stereocenters. The van der Waals surface area contributed by atoms with Gasteiger partial charge in [-0.3, -0.25) is 4.68 Å². The van der Waals surface area contributed by atoms with Crippen molar-refractivity contribution in [3.05, 3.63) is 35.9 Å². The Balaban J connectivity index is 1.96. The van der Waals surface area contributed by atoms with E-state index in [-0.39, 0.29) is 11.3 Å². The van der Waals surface area contributed by atoms with Gasteiger partial charge in [0.2, 0.25) is 0 Å². The first-order valence-electron chi connectivity index (χ1n) is 5.77. The molecule has 1 aromatic carbocycles. The quantitative estimate of drug-likeness (QED) is 0.686. The molecule has 0 saturated carbocycles. The molecule has 0 radical (unpaired) electrons. The Labute approximate surface area is 110 Å². The van der Waals surface area contributed by atoms with E-state index in [2.05, 4.69) is 15.4 Å². The fourth-order valence-electron chi connectivity index (χ4n) is 1.67. The number of aromatic carboxylic acids is 1. The number of carboxylic acids is 1. The highest BCUT2D eigenvalue weighted by Gasteiger charge is 2.08. The Bertz CT molecular complexity index is 594. The minimum absolute atomic E-state index is 0.0981. The van der Waals surface area contributed by atoms with E-state index in [0.29, 0.717) is 18.7 Å². The summed E-state index contributed by atoms with van der Waals surface area (Å²) in [5, 5.41) is 16.2. The van der Waals surface area contributed by atoms with E-state index in [0.717, 1.165) is 5.82 Å². The number of hydrogen-bond donors (Lipinski definition) is 3. The second kappa shape index (κ2) is 5.38. The predicted molar refractivity (Wildman–Crippen MR) is 71.0 cm³/mol. The molecule has 2 rings (SSSR count). The molecule has 1 heterocycles. The molecular weight excluding hydrogens is 246 g/mol. The molecule has 0 bridgehead atoms. The summed E-state index contributed by atoms with van der Waals surface area (Å²) in [6.45, 7) is 0.618. The Kier molecular flexibility index (Phi) is 3.65. The van der Waals surface area contributed by atoms with Gasteiger partial charge in [-0.05, 0) is 18.2 Å². The summed E-state index contributed by atoms with van der Waals surface area (Å²) in [5.74, 6) is -0.295. The SMILES string of the molecule is Cn1cnc(CCNc2ccc(N)c(C(=O)O)c2)n1. The zero-order chi connectivity index (χ0) is 13.8. The van der Waals surface area contributed by atoms with Crippen molar-refractivity contribution in [3.63, 3.8) is 0 Å². The number of nitrogens with two attached hydrogens (primary N) is 1. The molecule has 0 aliphatic carbocycles. The van der Waals surface area contributed by atoms with Gasteiger partial charge in [0.15, 0.2) is 5.82 Å². The van der Waals surface area contributed by atoms with Crippen molar-refractivity contribution in [2.45, 2.75) is 6.42 Å². The first-order chi connectivity index (χ1) is 9.06. The standard InChI is InChI=1S/C12H15N5O2/c1-17-7-15-11(16-17)4-5-14-8-2-3-10(13)9(6-8)12(18)19/h2-3,6-7,14H,4-5,13H2,1H3,(H,18,19). The van der Waals surface area contributed by atoms with Gasteiger partial charge in [0.25, 0.3) is 0 Å². The number of hydrogen-bond acceptors (Lipinski definition) is 5. The Morgan fingerprint density at radius 1 is 1.53 bits per heavy atom. The van der Waals surface area contributed by atoms with Crippen LogP contribution in [0.3, 0.4) is 0 Å². The molecular formula is C12H15N5O2. The van der Waals surface area contributed by atoms with Gasteiger partial charge in [0, 0.05) is 31.4 Å². The van der Waals surface area contributed by atoms with E-state index in [4.69, 9.17) is 10.8 Å². The van der Waals surface area contributed by atoms with Crippen LogP contribution in [-0.2, 0) is 13.5 Å². The highest BCUT2D eigenvalue weighted by Crippen LogP contribution is 2.17. The lowest BCUT2D eigenvalue weighted by Gasteiger charge is -2.07. The first kappa shape index (κ1) is 12.9. The second-order valence-corrected chi connectivity index (χ2v) is 4.12. The third-order valence-corrected chi connectivity index (χ3v) is 2.61. The molecule has 1 aromatic heterocycles. The summed E-state index contributed by atoms with van der Waals surface area (Å²) in [5.41, 5.74) is 6.64. The smallest absolute Gasteiger partial charge is 0.337 e. The molecule has 0 spiro atoms. The number of carbonyl (C=O) groups is 1. The van der Waals surface area contributed by atoms with Crippen LogP contribution in [0.25, 0.3) is 0 Å². The van der Waals surface area contributed by atoms with Crippen molar-refractivity contribution in [1.29, 1.82) is 0 Å². The van der Waals surface area contributed by atoms with E-state index in [1.165, 1.54) is 6.07 Å². The third-order valence-electron chi connectivity index (χ3n) is 2.61. The molecule has 0 aliphatic heterocycles. The van der Waals surface area contributed by atoms with Crippen molar-refractivity contribution in [3.8, 4) is 0 Å². The van der Waals surface area contributed by atoms with Crippen LogP contribution in [0.2, 0.25) is 0 Å². The largest absolute Gasteiger partial charge is 0.478 e. The van der Waals surface area contributed by atoms with Gasteiger partial charge >= 0.3 is 5.97 Å². The van der Waals surface area contributed by atoms with Gasteiger partial charge in [0.05, 0.1) is 5.56 Å². The van der Waals surface area contributed by atoms with Crippen molar-refractivity contribution < 1.29 is 9.90 Å². The Morgan fingerprint density at radius 3 is 2.95 bits per heavy atom. The minimum atomic E-state index is -1.03. The van der Waals surface area contributed by atoms with Crippen molar-refractivity contribution in [2.75, 3.05) is 17.6 Å². The lowest BCUT2D eigenvalue weighted by atomic mass is 10.1. The number of nitrogens with one attached hydrogen (secondary N) is 1.